The van der Waals surface area contributed by atoms with Crippen molar-refractivity contribution in [2.75, 3.05) is 7.05 Å². The number of pyridine rings is 1. The highest BCUT2D eigenvalue weighted by atomic mass is 35.5. The summed E-state index contributed by atoms with van der Waals surface area (Å²) in [5.41, 5.74) is 6.17. The molecule has 1 aromatic carbocycles. The van der Waals surface area contributed by atoms with E-state index >= 15 is 0 Å². The molecule has 0 radical (unpaired) electrons. The lowest BCUT2D eigenvalue weighted by molar-refractivity contribution is -0.169. The minimum absolute atomic E-state index is 0.0440. The van der Waals surface area contributed by atoms with Gasteiger partial charge in [0, 0.05) is 30.9 Å². The van der Waals surface area contributed by atoms with Crippen LogP contribution < -0.4 is 5.73 Å². The Balaban J connectivity index is 0.000000471. The Bertz CT molecular complexity index is 677. The maximum Gasteiger partial charge on any atom is 0.402 e. The molecule has 1 amide bonds. The normalized spacial score (nSPS) is 23.4. The molecule has 24 heavy (non-hydrogen) atoms. The first-order chi connectivity index (χ1) is 11.3. The number of hydrogen-bond acceptors (Lipinski definition) is 4. The highest BCUT2D eigenvalue weighted by Crippen LogP contribution is 2.45. The van der Waals surface area contributed by atoms with E-state index in [-0.39, 0.29) is 11.6 Å². The number of halogens is 1. The molecule has 1 saturated heterocycles. The van der Waals surface area contributed by atoms with Crippen LogP contribution in [0, 0.1) is 0 Å². The molecule has 1 aliphatic rings. The van der Waals surface area contributed by atoms with Gasteiger partial charge in [0.25, 0.3) is 0 Å². The first-order valence-electron chi connectivity index (χ1n) is 7.38. The average molecular weight is 350 g/mol. The smallest absolute Gasteiger partial charge is 0.402 e. The van der Waals surface area contributed by atoms with Gasteiger partial charge in [-0.1, -0.05) is 29.8 Å². The molecule has 7 heteroatoms. The molecule has 3 rings (SSSR count). The van der Waals surface area contributed by atoms with Gasteiger partial charge in [0.15, 0.2) is 0 Å². The molecule has 2 heterocycles. The maximum absolute atomic E-state index is 8.78. The molecule has 0 bridgehead atoms. The summed E-state index contributed by atoms with van der Waals surface area (Å²) in [4.78, 5) is 19.0. The van der Waals surface area contributed by atoms with Crippen LogP contribution in [0.25, 0.3) is 0 Å². The summed E-state index contributed by atoms with van der Waals surface area (Å²) in [6, 6.07) is 11.9. The molecule has 0 saturated carbocycles. The third-order valence-electron chi connectivity index (χ3n) is 4.09. The molecule has 2 unspecified atom stereocenters. The van der Waals surface area contributed by atoms with E-state index in [1.54, 1.807) is 6.20 Å². The van der Waals surface area contributed by atoms with Gasteiger partial charge in [-0.25, -0.2) is 4.79 Å². The third-order valence-corrected chi connectivity index (χ3v) is 4.34. The van der Waals surface area contributed by atoms with Crippen molar-refractivity contribution < 1.29 is 14.7 Å². The molecule has 0 aliphatic carbocycles. The van der Waals surface area contributed by atoms with Gasteiger partial charge in [0.05, 0.1) is 5.54 Å². The fourth-order valence-electron chi connectivity index (χ4n) is 2.67. The number of carbonyl (C=O) groups is 1. The molecule has 6 nitrogen and oxygen atoms in total. The Morgan fingerprint density at radius 2 is 2.04 bits per heavy atom. The number of hydrogen-bond donors (Lipinski definition) is 2. The lowest BCUT2D eigenvalue weighted by Crippen LogP contribution is -2.34. The molecular formula is C17H20ClN3O3. The van der Waals surface area contributed by atoms with Gasteiger partial charge in [-0.2, -0.15) is 5.06 Å². The second kappa shape index (κ2) is 7.61. The lowest BCUT2D eigenvalue weighted by atomic mass is 9.87. The van der Waals surface area contributed by atoms with Crippen LogP contribution in [0.1, 0.15) is 30.6 Å². The van der Waals surface area contributed by atoms with Crippen molar-refractivity contribution in [3.8, 4) is 0 Å². The maximum atomic E-state index is 8.78. The van der Waals surface area contributed by atoms with Crippen LogP contribution in [0.4, 0.5) is 4.79 Å². The van der Waals surface area contributed by atoms with Gasteiger partial charge >= 0.3 is 6.09 Å². The lowest BCUT2D eigenvalue weighted by Gasteiger charge is -2.29. The minimum Gasteiger partial charge on any atom is -0.465 e. The second-order valence-electron chi connectivity index (χ2n) is 5.70. The van der Waals surface area contributed by atoms with Crippen LogP contribution in [0.15, 0.2) is 48.8 Å². The van der Waals surface area contributed by atoms with E-state index in [1.165, 1.54) is 5.56 Å². The molecule has 2 aromatic rings. The molecule has 1 aliphatic heterocycles. The van der Waals surface area contributed by atoms with Crippen LogP contribution in [-0.4, -0.2) is 28.3 Å². The van der Waals surface area contributed by atoms with E-state index in [4.69, 9.17) is 26.3 Å². The van der Waals surface area contributed by atoms with Crippen molar-refractivity contribution in [1.29, 1.82) is 0 Å². The minimum atomic E-state index is -1.33. The standard InChI is InChI=1S/C16H17ClN2O.CH3NO2/c1-16(13-4-3-9-18-11-13)10-15(20-19(16)2)12-5-7-14(17)8-6-12;2-1(3)4/h3-9,11,15H,10H2,1-2H3;2H2,(H,3,4). The Labute approximate surface area is 145 Å². The van der Waals surface area contributed by atoms with E-state index in [2.05, 4.69) is 23.7 Å². The topological polar surface area (TPSA) is 88.7 Å². The number of benzene rings is 1. The van der Waals surface area contributed by atoms with Gasteiger partial charge in [0.2, 0.25) is 0 Å². The summed E-state index contributed by atoms with van der Waals surface area (Å²) in [7, 11) is 1.98. The summed E-state index contributed by atoms with van der Waals surface area (Å²) in [5.74, 6) is 0. The van der Waals surface area contributed by atoms with Gasteiger partial charge in [-0.15, -0.1) is 0 Å². The van der Waals surface area contributed by atoms with Crippen LogP contribution in [0.3, 0.4) is 0 Å². The third kappa shape index (κ3) is 4.23. The molecule has 128 valence electrons. The number of rotatable bonds is 2. The van der Waals surface area contributed by atoms with E-state index in [9.17, 15) is 0 Å². The first-order valence-corrected chi connectivity index (χ1v) is 7.75. The molecule has 1 aromatic heterocycles. The van der Waals surface area contributed by atoms with Crippen molar-refractivity contribution in [2.24, 2.45) is 5.73 Å². The summed E-state index contributed by atoms with van der Waals surface area (Å²) < 4.78 is 0. The van der Waals surface area contributed by atoms with Crippen molar-refractivity contribution in [1.82, 2.24) is 10.0 Å². The van der Waals surface area contributed by atoms with E-state index in [0.29, 0.717) is 0 Å². The Morgan fingerprint density at radius 3 is 2.58 bits per heavy atom. The summed E-state index contributed by atoms with van der Waals surface area (Å²) in [5, 5.41) is 9.87. The number of primary amides is 1. The fourth-order valence-corrected chi connectivity index (χ4v) is 2.80. The number of hydroxylamine groups is 2. The largest absolute Gasteiger partial charge is 0.465 e. The number of nitrogens with zero attached hydrogens (tertiary/aromatic N) is 2. The van der Waals surface area contributed by atoms with Crippen molar-refractivity contribution in [3.63, 3.8) is 0 Å². The highest BCUT2D eigenvalue weighted by molar-refractivity contribution is 6.30. The highest BCUT2D eigenvalue weighted by Gasteiger charge is 2.43. The Morgan fingerprint density at radius 1 is 1.42 bits per heavy atom. The molecule has 2 atom stereocenters. The van der Waals surface area contributed by atoms with Crippen molar-refractivity contribution in [2.45, 2.75) is 25.0 Å². The summed E-state index contributed by atoms with van der Waals surface area (Å²) in [6.45, 7) is 2.18. The fraction of sp³-hybridized carbons (Fsp3) is 0.294. The quantitative estimate of drug-likeness (QED) is 0.865. The van der Waals surface area contributed by atoms with Gasteiger partial charge in [0.1, 0.15) is 6.10 Å². The van der Waals surface area contributed by atoms with Crippen LogP contribution in [0.2, 0.25) is 5.02 Å². The summed E-state index contributed by atoms with van der Waals surface area (Å²) in [6.07, 6.45) is 3.29. The molecule has 0 spiro atoms. The van der Waals surface area contributed by atoms with Crippen LogP contribution in [-0.2, 0) is 10.4 Å². The number of carboxylic acid groups (broad SMARTS) is 1. The Hall–Kier alpha value is -2.15. The Kier molecular flexibility index (Phi) is 5.77. The number of nitrogens with two attached hydrogens (primary N) is 1. The van der Waals surface area contributed by atoms with Crippen LogP contribution >= 0.6 is 11.6 Å². The molecular weight excluding hydrogens is 330 g/mol. The predicted octanol–water partition coefficient (Wildman–Crippen LogP) is 3.58. The predicted molar refractivity (Wildman–Crippen MR) is 91.5 cm³/mol. The number of amides is 1. The van der Waals surface area contributed by atoms with Crippen molar-refractivity contribution >= 4 is 17.7 Å². The van der Waals surface area contributed by atoms with Gasteiger partial charge in [-0.05, 0) is 36.2 Å². The zero-order chi connectivity index (χ0) is 17.7. The monoisotopic (exact) mass is 349 g/mol. The van der Waals surface area contributed by atoms with Crippen LogP contribution in [0.5, 0.6) is 0 Å². The zero-order valence-corrected chi connectivity index (χ0v) is 14.3. The average Bonchev–Trinajstić information content (AvgIpc) is 2.85. The molecule has 1 fully saturated rings. The molecule has 3 N–H and O–H groups in total. The van der Waals surface area contributed by atoms with Gasteiger partial charge in [-0.3, -0.25) is 9.82 Å². The second-order valence-corrected chi connectivity index (χ2v) is 6.14. The van der Waals surface area contributed by atoms with Crippen molar-refractivity contribution in [3.05, 3.63) is 64.9 Å². The SMILES string of the molecule is CN1OC(c2ccc(Cl)cc2)CC1(C)c1cccnc1.NC(=O)O. The van der Waals surface area contributed by atoms with E-state index in [0.717, 1.165) is 17.0 Å². The first kappa shape index (κ1) is 18.2. The number of aromatic nitrogens is 1. The van der Waals surface area contributed by atoms with E-state index < -0.39 is 6.09 Å². The zero-order valence-electron chi connectivity index (χ0n) is 13.5. The van der Waals surface area contributed by atoms with Gasteiger partial charge < -0.3 is 10.8 Å². The van der Waals surface area contributed by atoms with E-state index in [1.807, 2.05) is 48.6 Å². The summed E-state index contributed by atoms with van der Waals surface area (Å²) >= 11 is 5.94.